The van der Waals surface area contributed by atoms with Gasteiger partial charge in [0.15, 0.2) is 0 Å². The van der Waals surface area contributed by atoms with E-state index in [4.69, 9.17) is 20.4 Å². The van der Waals surface area contributed by atoms with Crippen LogP contribution in [0.25, 0.3) is 0 Å². The topological polar surface area (TPSA) is 149 Å². The number of carboxylic acid groups (broad SMARTS) is 4. The molecule has 0 fully saturated rings. The maximum Gasteiger partial charge on any atom is 0.307 e. The van der Waals surface area contributed by atoms with Gasteiger partial charge in [-0.1, -0.05) is 19.1 Å². The smallest absolute Gasteiger partial charge is 0.307 e. The van der Waals surface area contributed by atoms with Gasteiger partial charge in [0, 0.05) is 6.42 Å². The van der Waals surface area contributed by atoms with Crippen molar-refractivity contribution < 1.29 is 39.6 Å². The zero-order valence-corrected chi connectivity index (χ0v) is 11.7. The van der Waals surface area contributed by atoms with Gasteiger partial charge in [-0.25, -0.2) is 0 Å². The van der Waals surface area contributed by atoms with Crippen LogP contribution in [0.15, 0.2) is 12.2 Å². The van der Waals surface area contributed by atoms with E-state index in [0.717, 1.165) is 6.42 Å². The summed E-state index contributed by atoms with van der Waals surface area (Å²) in [5.74, 6) is -5.53. The molecule has 21 heavy (non-hydrogen) atoms. The molecule has 0 radical (unpaired) electrons. The minimum absolute atomic E-state index is 0.147. The van der Waals surface area contributed by atoms with Gasteiger partial charge in [-0.2, -0.15) is 0 Å². The molecule has 0 aromatic carbocycles. The Morgan fingerprint density at radius 2 is 1.48 bits per heavy atom. The highest BCUT2D eigenvalue weighted by Crippen LogP contribution is 2.11. The normalized spacial score (nSPS) is 11.3. The molecule has 0 aromatic rings. The van der Waals surface area contributed by atoms with Crippen molar-refractivity contribution in [3.63, 3.8) is 0 Å². The lowest BCUT2D eigenvalue weighted by Crippen LogP contribution is -2.18. The van der Waals surface area contributed by atoms with E-state index in [1.165, 1.54) is 0 Å². The molecule has 0 aliphatic heterocycles. The molecule has 0 heterocycles. The second-order valence-electron chi connectivity index (χ2n) is 4.04. The Morgan fingerprint density at radius 1 is 0.905 bits per heavy atom. The quantitative estimate of drug-likeness (QED) is 0.467. The molecule has 120 valence electrons. The number of rotatable bonds is 9. The standard InChI is InChI=1S/C7H10O6.C6H10O2/c8-5(9)2-1-4(7(12)13)3-6(10)11;1-2-3-4-5-6(7)8/h4H,1-3H2,(H,8,9)(H,10,11)(H,12,13);3-4H,2,5H2,1H3,(H,7,8)/b;4-3-. The van der Waals surface area contributed by atoms with Gasteiger partial charge in [-0.3, -0.25) is 19.2 Å². The summed E-state index contributed by atoms with van der Waals surface area (Å²) in [5.41, 5.74) is 0. The van der Waals surface area contributed by atoms with Gasteiger partial charge in [-0.15, -0.1) is 0 Å². The number of aliphatic carboxylic acids is 4. The molecular weight excluding hydrogens is 284 g/mol. The Morgan fingerprint density at radius 3 is 1.81 bits per heavy atom. The van der Waals surface area contributed by atoms with Crippen molar-refractivity contribution >= 4 is 23.9 Å². The van der Waals surface area contributed by atoms with Crippen molar-refractivity contribution in [3.8, 4) is 0 Å². The second-order valence-corrected chi connectivity index (χ2v) is 4.04. The summed E-state index contributed by atoms with van der Waals surface area (Å²) >= 11 is 0. The van der Waals surface area contributed by atoms with Crippen LogP contribution in [0, 0.1) is 5.92 Å². The lowest BCUT2D eigenvalue weighted by molar-refractivity contribution is -0.149. The first-order chi connectivity index (χ1) is 9.70. The highest BCUT2D eigenvalue weighted by molar-refractivity contribution is 5.78. The number of allylic oxidation sites excluding steroid dienone is 1. The van der Waals surface area contributed by atoms with Crippen molar-refractivity contribution in [2.75, 3.05) is 0 Å². The molecule has 0 spiro atoms. The van der Waals surface area contributed by atoms with Gasteiger partial charge < -0.3 is 20.4 Å². The van der Waals surface area contributed by atoms with Crippen LogP contribution in [0.1, 0.15) is 39.0 Å². The van der Waals surface area contributed by atoms with Crippen LogP contribution in [-0.2, 0) is 19.2 Å². The molecule has 0 amide bonds. The largest absolute Gasteiger partial charge is 0.481 e. The van der Waals surface area contributed by atoms with E-state index >= 15 is 0 Å². The molecule has 0 aliphatic rings. The number of carbonyl (C=O) groups is 4. The Balaban J connectivity index is 0. The Hall–Kier alpha value is -2.38. The minimum Gasteiger partial charge on any atom is -0.481 e. The maximum atomic E-state index is 10.4. The second kappa shape index (κ2) is 12.6. The summed E-state index contributed by atoms with van der Waals surface area (Å²) < 4.78 is 0. The average molecular weight is 304 g/mol. The fourth-order valence-corrected chi connectivity index (χ4v) is 1.17. The average Bonchev–Trinajstić information content (AvgIpc) is 2.34. The zero-order chi connectivity index (χ0) is 16.8. The van der Waals surface area contributed by atoms with Crippen molar-refractivity contribution in [1.29, 1.82) is 0 Å². The molecular formula is C13H20O8. The van der Waals surface area contributed by atoms with Crippen LogP contribution in [0.2, 0.25) is 0 Å². The van der Waals surface area contributed by atoms with Gasteiger partial charge in [-0.05, 0) is 12.8 Å². The monoisotopic (exact) mass is 304 g/mol. The molecule has 0 bridgehead atoms. The van der Waals surface area contributed by atoms with Crippen molar-refractivity contribution in [1.82, 2.24) is 0 Å². The zero-order valence-electron chi connectivity index (χ0n) is 11.7. The van der Waals surface area contributed by atoms with E-state index in [1.54, 1.807) is 6.08 Å². The third kappa shape index (κ3) is 17.6. The molecule has 1 unspecified atom stereocenters. The number of hydrogen-bond donors (Lipinski definition) is 4. The van der Waals surface area contributed by atoms with E-state index in [2.05, 4.69) is 0 Å². The molecule has 0 rings (SSSR count). The first-order valence-electron chi connectivity index (χ1n) is 6.23. The van der Waals surface area contributed by atoms with Crippen LogP contribution in [-0.4, -0.2) is 44.3 Å². The van der Waals surface area contributed by atoms with Crippen LogP contribution >= 0.6 is 0 Å². The van der Waals surface area contributed by atoms with E-state index in [-0.39, 0.29) is 19.3 Å². The molecule has 0 aliphatic carbocycles. The molecule has 0 aromatic heterocycles. The first kappa shape index (κ1) is 20.9. The van der Waals surface area contributed by atoms with E-state index in [1.807, 2.05) is 13.0 Å². The fraction of sp³-hybridized carbons (Fsp3) is 0.538. The summed E-state index contributed by atoms with van der Waals surface area (Å²) in [7, 11) is 0. The lowest BCUT2D eigenvalue weighted by Gasteiger charge is -2.06. The highest BCUT2D eigenvalue weighted by atomic mass is 16.4. The summed E-state index contributed by atoms with van der Waals surface area (Å²) in [6.45, 7) is 1.97. The van der Waals surface area contributed by atoms with Crippen molar-refractivity contribution in [2.24, 2.45) is 5.92 Å². The first-order valence-corrected chi connectivity index (χ1v) is 6.23. The van der Waals surface area contributed by atoms with Gasteiger partial charge >= 0.3 is 23.9 Å². The third-order valence-corrected chi connectivity index (χ3v) is 2.17. The summed E-state index contributed by atoms with van der Waals surface area (Å²) in [4.78, 5) is 40.4. The Bertz CT molecular complexity index is 386. The Labute approximate surface area is 121 Å². The minimum atomic E-state index is -1.27. The van der Waals surface area contributed by atoms with Gasteiger partial charge in [0.1, 0.15) is 0 Å². The van der Waals surface area contributed by atoms with Crippen LogP contribution in [0.4, 0.5) is 0 Å². The SMILES string of the molecule is CC/C=C\CC(=O)O.O=C(O)CCC(CC(=O)O)C(=O)O. The maximum absolute atomic E-state index is 10.4. The van der Waals surface area contributed by atoms with Crippen LogP contribution < -0.4 is 0 Å². The van der Waals surface area contributed by atoms with E-state index in [0.29, 0.717) is 0 Å². The van der Waals surface area contributed by atoms with Crippen molar-refractivity contribution in [2.45, 2.75) is 39.0 Å². The summed E-state index contributed by atoms with van der Waals surface area (Å²) in [6.07, 6.45) is 3.53. The van der Waals surface area contributed by atoms with Gasteiger partial charge in [0.25, 0.3) is 0 Å². The van der Waals surface area contributed by atoms with Crippen molar-refractivity contribution in [3.05, 3.63) is 12.2 Å². The molecule has 4 N–H and O–H groups in total. The molecule has 8 nitrogen and oxygen atoms in total. The number of carboxylic acids is 4. The third-order valence-electron chi connectivity index (χ3n) is 2.17. The predicted octanol–water partition coefficient (Wildman–Crippen LogP) is 1.45. The molecule has 0 saturated carbocycles. The number of hydrogen-bond acceptors (Lipinski definition) is 4. The van der Waals surface area contributed by atoms with Gasteiger partial charge in [0.2, 0.25) is 0 Å². The lowest BCUT2D eigenvalue weighted by atomic mass is 10.00. The van der Waals surface area contributed by atoms with Crippen LogP contribution in [0.3, 0.4) is 0 Å². The summed E-state index contributed by atoms with van der Waals surface area (Å²) in [5, 5.41) is 33.1. The van der Waals surface area contributed by atoms with Gasteiger partial charge in [0.05, 0.1) is 18.8 Å². The summed E-state index contributed by atoms with van der Waals surface area (Å²) in [6, 6.07) is 0. The van der Waals surface area contributed by atoms with Crippen LogP contribution in [0.5, 0.6) is 0 Å². The van der Waals surface area contributed by atoms with E-state index in [9.17, 15) is 19.2 Å². The Kier molecular flexibility index (Phi) is 12.6. The molecule has 1 atom stereocenters. The fourth-order valence-electron chi connectivity index (χ4n) is 1.17. The molecule has 0 saturated heterocycles. The highest BCUT2D eigenvalue weighted by Gasteiger charge is 2.21. The molecule has 8 heteroatoms. The predicted molar refractivity (Wildman–Crippen MR) is 71.9 cm³/mol. The van der Waals surface area contributed by atoms with E-state index < -0.39 is 36.2 Å².